The quantitative estimate of drug-likeness (QED) is 0.490. The number of benzene rings is 2. The Labute approximate surface area is 169 Å². The summed E-state index contributed by atoms with van der Waals surface area (Å²) in [6.45, 7) is 6.32. The number of ether oxygens (including phenoxy) is 1. The van der Waals surface area contributed by atoms with Crippen molar-refractivity contribution in [2.24, 2.45) is 0 Å². The molecule has 1 amide bonds. The number of hydrogen-bond acceptors (Lipinski definition) is 4. The standard InChI is InChI=1S/C23H24N2O4/c1-13-21(16(4)26)15(3)25-22(13)23(28)29-12-20(27)24-14(2)18-10-9-17-7-5-6-8-19(17)11-18/h5-11,14,25H,12H2,1-4H3,(H,24,27). The van der Waals surface area contributed by atoms with E-state index >= 15 is 0 Å². The number of nitrogens with one attached hydrogen (secondary N) is 2. The second kappa shape index (κ2) is 8.31. The van der Waals surface area contributed by atoms with E-state index in [1.165, 1.54) is 6.92 Å². The minimum Gasteiger partial charge on any atom is -0.451 e. The first-order valence-electron chi connectivity index (χ1n) is 9.43. The molecular formula is C23H24N2O4. The molecule has 0 saturated heterocycles. The highest BCUT2D eigenvalue weighted by molar-refractivity contribution is 6.01. The number of aryl methyl sites for hydroxylation is 1. The average Bonchev–Trinajstić information content (AvgIpc) is 3.00. The number of amides is 1. The molecule has 3 aromatic rings. The fourth-order valence-corrected chi connectivity index (χ4v) is 3.53. The van der Waals surface area contributed by atoms with E-state index in [0.717, 1.165) is 16.3 Å². The highest BCUT2D eigenvalue weighted by Gasteiger charge is 2.21. The van der Waals surface area contributed by atoms with Crippen LogP contribution in [0.4, 0.5) is 0 Å². The van der Waals surface area contributed by atoms with Crippen LogP contribution in [0.1, 0.15) is 57.6 Å². The Morgan fingerprint density at radius 2 is 1.76 bits per heavy atom. The van der Waals surface area contributed by atoms with E-state index in [1.807, 2.05) is 49.4 Å². The summed E-state index contributed by atoms with van der Waals surface area (Å²) in [6, 6.07) is 13.8. The number of rotatable bonds is 6. The molecule has 0 aliphatic carbocycles. The highest BCUT2D eigenvalue weighted by Crippen LogP contribution is 2.21. The summed E-state index contributed by atoms with van der Waals surface area (Å²) >= 11 is 0. The molecule has 1 heterocycles. The van der Waals surface area contributed by atoms with Crippen molar-refractivity contribution < 1.29 is 19.1 Å². The SMILES string of the molecule is CC(=O)c1c(C)[nH]c(C(=O)OCC(=O)NC(C)c2ccc3ccccc3c2)c1C. The lowest BCUT2D eigenvalue weighted by Crippen LogP contribution is -2.31. The van der Waals surface area contributed by atoms with E-state index in [4.69, 9.17) is 4.74 Å². The van der Waals surface area contributed by atoms with Crippen LogP contribution >= 0.6 is 0 Å². The number of esters is 1. The maximum Gasteiger partial charge on any atom is 0.355 e. The maximum atomic E-state index is 12.3. The van der Waals surface area contributed by atoms with E-state index in [9.17, 15) is 14.4 Å². The Morgan fingerprint density at radius 3 is 2.41 bits per heavy atom. The summed E-state index contributed by atoms with van der Waals surface area (Å²) in [7, 11) is 0. The summed E-state index contributed by atoms with van der Waals surface area (Å²) in [6.07, 6.45) is 0. The van der Waals surface area contributed by atoms with Gasteiger partial charge < -0.3 is 15.0 Å². The predicted molar refractivity (Wildman–Crippen MR) is 111 cm³/mol. The van der Waals surface area contributed by atoms with Gasteiger partial charge in [-0.05, 0) is 55.7 Å². The van der Waals surface area contributed by atoms with Gasteiger partial charge in [0.05, 0.1) is 6.04 Å². The zero-order chi connectivity index (χ0) is 21.1. The van der Waals surface area contributed by atoms with Crippen LogP contribution in [0, 0.1) is 13.8 Å². The molecule has 0 bridgehead atoms. The average molecular weight is 392 g/mol. The molecule has 6 heteroatoms. The lowest BCUT2D eigenvalue weighted by atomic mass is 10.0. The largest absolute Gasteiger partial charge is 0.451 e. The molecule has 0 aliphatic heterocycles. The van der Waals surface area contributed by atoms with Crippen LogP contribution in [0.3, 0.4) is 0 Å². The van der Waals surface area contributed by atoms with Crippen molar-refractivity contribution >= 4 is 28.4 Å². The van der Waals surface area contributed by atoms with Crippen LogP contribution in [-0.2, 0) is 9.53 Å². The maximum absolute atomic E-state index is 12.3. The number of aromatic amines is 1. The summed E-state index contributed by atoms with van der Waals surface area (Å²) in [5.41, 5.74) is 2.78. The Balaban J connectivity index is 1.61. The molecule has 1 unspecified atom stereocenters. The summed E-state index contributed by atoms with van der Waals surface area (Å²) in [5, 5.41) is 5.06. The molecular weight excluding hydrogens is 368 g/mol. The van der Waals surface area contributed by atoms with Gasteiger partial charge in [-0.1, -0.05) is 36.4 Å². The lowest BCUT2D eigenvalue weighted by molar-refractivity contribution is -0.124. The Kier molecular flexibility index (Phi) is 5.82. The summed E-state index contributed by atoms with van der Waals surface area (Å²) in [5.74, 6) is -1.18. The molecule has 0 aliphatic rings. The Bertz CT molecular complexity index is 1100. The molecule has 29 heavy (non-hydrogen) atoms. The molecule has 1 atom stereocenters. The van der Waals surface area contributed by atoms with Crippen molar-refractivity contribution in [3.05, 3.63) is 70.5 Å². The first kappa shape index (κ1) is 20.3. The number of carbonyl (C=O) groups excluding carboxylic acids is 3. The van der Waals surface area contributed by atoms with Crippen LogP contribution < -0.4 is 5.32 Å². The van der Waals surface area contributed by atoms with E-state index < -0.39 is 18.5 Å². The van der Waals surface area contributed by atoms with Gasteiger partial charge in [-0.3, -0.25) is 9.59 Å². The number of ketones is 1. The third-order valence-electron chi connectivity index (χ3n) is 4.98. The summed E-state index contributed by atoms with van der Waals surface area (Å²) in [4.78, 5) is 39.1. The smallest absolute Gasteiger partial charge is 0.355 e. The normalized spacial score (nSPS) is 11.9. The number of H-pyrrole nitrogens is 1. The number of carbonyl (C=O) groups is 3. The van der Waals surface area contributed by atoms with Gasteiger partial charge in [-0.2, -0.15) is 0 Å². The van der Waals surface area contributed by atoms with Crippen molar-refractivity contribution in [3.63, 3.8) is 0 Å². The first-order valence-corrected chi connectivity index (χ1v) is 9.43. The van der Waals surface area contributed by atoms with Crippen molar-refractivity contribution in [3.8, 4) is 0 Å². The molecule has 6 nitrogen and oxygen atoms in total. The van der Waals surface area contributed by atoms with Gasteiger partial charge in [0.2, 0.25) is 0 Å². The third kappa shape index (κ3) is 4.37. The van der Waals surface area contributed by atoms with Gasteiger partial charge in [0.25, 0.3) is 5.91 Å². The van der Waals surface area contributed by atoms with Gasteiger partial charge in [-0.15, -0.1) is 0 Å². The van der Waals surface area contributed by atoms with Crippen molar-refractivity contribution in [2.45, 2.75) is 33.7 Å². The van der Waals surface area contributed by atoms with Gasteiger partial charge in [-0.25, -0.2) is 4.79 Å². The van der Waals surface area contributed by atoms with Gasteiger partial charge >= 0.3 is 5.97 Å². The minimum absolute atomic E-state index is 0.128. The van der Waals surface area contributed by atoms with Crippen molar-refractivity contribution in [2.75, 3.05) is 6.61 Å². The van der Waals surface area contributed by atoms with Gasteiger partial charge in [0.1, 0.15) is 5.69 Å². The van der Waals surface area contributed by atoms with E-state index in [2.05, 4.69) is 10.3 Å². The number of hydrogen-bond donors (Lipinski definition) is 2. The molecule has 0 radical (unpaired) electrons. The van der Waals surface area contributed by atoms with E-state index in [0.29, 0.717) is 16.8 Å². The lowest BCUT2D eigenvalue weighted by Gasteiger charge is -2.15. The molecule has 1 aromatic heterocycles. The van der Waals surface area contributed by atoms with Gasteiger partial charge in [0, 0.05) is 11.3 Å². The monoisotopic (exact) mass is 392 g/mol. The van der Waals surface area contributed by atoms with Crippen molar-refractivity contribution in [1.29, 1.82) is 0 Å². The zero-order valence-electron chi connectivity index (χ0n) is 17.0. The Hall–Kier alpha value is -3.41. The van der Waals surface area contributed by atoms with E-state index in [-0.39, 0.29) is 17.5 Å². The molecule has 2 N–H and O–H groups in total. The molecule has 2 aromatic carbocycles. The zero-order valence-corrected chi connectivity index (χ0v) is 17.0. The number of aromatic nitrogens is 1. The number of fused-ring (bicyclic) bond motifs is 1. The van der Waals surface area contributed by atoms with Crippen LogP contribution in [0.2, 0.25) is 0 Å². The molecule has 0 fully saturated rings. The van der Waals surface area contributed by atoms with Crippen molar-refractivity contribution in [1.82, 2.24) is 10.3 Å². The van der Waals surface area contributed by atoms with E-state index in [1.54, 1.807) is 13.8 Å². The van der Waals surface area contributed by atoms with Crippen LogP contribution in [0.15, 0.2) is 42.5 Å². The molecule has 3 rings (SSSR count). The predicted octanol–water partition coefficient (Wildman–Crippen LogP) is 4.02. The molecule has 0 spiro atoms. The highest BCUT2D eigenvalue weighted by atomic mass is 16.5. The third-order valence-corrected chi connectivity index (χ3v) is 4.98. The van der Waals surface area contributed by atoms with Crippen LogP contribution in [-0.4, -0.2) is 29.3 Å². The topological polar surface area (TPSA) is 88.3 Å². The van der Waals surface area contributed by atoms with Crippen LogP contribution in [0.5, 0.6) is 0 Å². The Morgan fingerprint density at radius 1 is 1.07 bits per heavy atom. The van der Waals surface area contributed by atoms with Crippen LogP contribution in [0.25, 0.3) is 10.8 Å². The minimum atomic E-state index is -0.661. The molecule has 0 saturated carbocycles. The fourth-order valence-electron chi connectivity index (χ4n) is 3.53. The second-order valence-electron chi connectivity index (χ2n) is 7.15. The summed E-state index contributed by atoms with van der Waals surface area (Å²) < 4.78 is 5.13. The first-order chi connectivity index (χ1) is 13.8. The van der Waals surface area contributed by atoms with Gasteiger partial charge in [0.15, 0.2) is 12.4 Å². The second-order valence-corrected chi connectivity index (χ2v) is 7.15. The fraction of sp³-hybridized carbons (Fsp3) is 0.261. The molecule has 150 valence electrons. The number of Topliss-reactive ketones (excluding diaryl/α,β-unsaturated/α-hetero) is 1.